The van der Waals surface area contributed by atoms with E-state index in [4.69, 9.17) is 5.26 Å². The lowest BCUT2D eigenvalue weighted by atomic mass is 9.82. The Labute approximate surface area is 131 Å². The van der Waals surface area contributed by atoms with Crippen molar-refractivity contribution in [2.45, 2.75) is 19.3 Å². The molecule has 0 saturated heterocycles. The van der Waals surface area contributed by atoms with Crippen LogP contribution in [0.3, 0.4) is 0 Å². The molecule has 0 aliphatic rings. The van der Waals surface area contributed by atoms with Gasteiger partial charge in [0.15, 0.2) is 5.78 Å². The molecule has 0 saturated carbocycles. The van der Waals surface area contributed by atoms with Gasteiger partial charge < -0.3 is 0 Å². The fourth-order valence-corrected chi connectivity index (χ4v) is 2.58. The van der Waals surface area contributed by atoms with Gasteiger partial charge in [-0.1, -0.05) is 73.7 Å². The van der Waals surface area contributed by atoms with Gasteiger partial charge in [0.25, 0.3) is 0 Å². The van der Waals surface area contributed by atoms with E-state index in [9.17, 15) is 4.79 Å². The van der Waals surface area contributed by atoms with E-state index in [1.807, 2.05) is 79.7 Å². The van der Waals surface area contributed by atoms with Crippen LogP contribution >= 0.6 is 0 Å². The molecule has 0 aromatic heterocycles. The lowest BCUT2D eigenvalue weighted by molar-refractivity contribution is 0.0968. The maximum atomic E-state index is 12.5. The van der Waals surface area contributed by atoms with Crippen LogP contribution in [0.4, 0.5) is 0 Å². The zero-order valence-electron chi connectivity index (χ0n) is 12.6. The molecule has 0 fully saturated rings. The van der Waals surface area contributed by atoms with Crippen molar-refractivity contribution in [3.8, 4) is 6.07 Å². The molecule has 0 aliphatic heterocycles. The largest absolute Gasteiger partial charge is 0.294 e. The van der Waals surface area contributed by atoms with Crippen molar-refractivity contribution in [2.24, 2.45) is 5.92 Å². The van der Waals surface area contributed by atoms with E-state index in [1.165, 1.54) is 6.08 Å². The number of Topliss-reactive ketones (excluding diaryl/α,β-unsaturated/α-hetero) is 1. The highest BCUT2D eigenvalue weighted by Crippen LogP contribution is 2.30. The number of nitriles is 1. The van der Waals surface area contributed by atoms with E-state index in [0.29, 0.717) is 6.42 Å². The van der Waals surface area contributed by atoms with E-state index in [2.05, 4.69) is 0 Å². The number of carbonyl (C=O) groups is 1. The topological polar surface area (TPSA) is 40.9 Å². The van der Waals surface area contributed by atoms with Crippen LogP contribution in [0.15, 0.2) is 72.8 Å². The third-order valence-corrected chi connectivity index (χ3v) is 3.84. The Morgan fingerprint density at radius 2 is 1.68 bits per heavy atom. The van der Waals surface area contributed by atoms with E-state index in [-0.39, 0.29) is 17.6 Å². The minimum absolute atomic E-state index is 0.0681. The molecule has 0 spiro atoms. The van der Waals surface area contributed by atoms with Crippen molar-refractivity contribution < 1.29 is 4.79 Å². The van der Waals surface area contributed by atoms with Gasteiger partial charge in [-0.25, -0.2) is 0 Å². The van der Waals surface area contributed by atoms with Gasteiger partial charge in [0.1, 0.15) is 0 Å². The number of hydrogen-bond donors (Lipinski definition) is 0. The number of benzene rings is 2. The first-order valence-electron chi connectivity index (χ1n) is 7.42. The summed E-state index contributed by atoms with van der Waals surface area (Å²) in [6.45, 7) is 2.05. The molecule has 22 heavy (non-hydrogen) atoms. The van der Waals surface area contributed by atoms with Gasteiger partial charge in [-0.05, 0) is 17.4 Å². The fraction of sp³-hybridized carbons (Fsp3) is 0.200. The average Bonchev–Trinajstić information content (AvgIpc) is 2.59. The van der Waals surface area contributed by atoms with Gasteiger partial charge in [-0.15, -0.1) is 0 Å². The second-order valence-corrected chi connectivity index (χ2v) is 5.36. The van der Waals surface area contributed by atoms with Gasteiger partial charge in [-0.2, -0.15) is 5.26 Å². The Balaban J connectivity index is 2.24. The highest BCUT2D eigenvalue weighted by Gasteiger charge is 2.21. The van der Waals surface area contributed by atoms with Gasteiger partial charge in [-0.3, -0.25) is 4.79 Å². The van der Waals surface area contributed by atoms with Crippen LogP contribution in [-0.2, 0) is 0 Å². The highest BCUT2D eigenvalue weighted by atomic mass is 16.1. The summed E-state index contributed by atoms with van der Waals surface area (Å²) in [5.74, 6) is 0.319. The third-order valence-electron chi connectivity index (χ3n) is 3.84. The summed E-state index contributed by atoms with van der Waals surface area (Å²) in [6.07, 6.45) is 3.80. The second-order valence-electron chi connectivity index (χ2n) is 5.36. The molecule has 2 atom stereocenters. The van der Waals surface area contributed by atoms with E-state index < -0.39 is 0 Å². The van der Waals surface area contributed by atoms with Crippen molar-refractivity contribution in [3.05, 3.63) is 83.9 Å². The number of rotatable bonds is 6. The first-order valence-corrected chi connectivity index (χ1v) is 7.42. The summed E-state index contributed by atoms with van der Waals surface area (Å²) in [5, 5.41) is 8.72. The number of hydrogen-bond acceptors (Lipinski definition) is 2. The zero-order chi connectivity index (χ0) is 15.8. The van der Waals surface area contributed by atoms with Crippen LogP contribution in [0, 0.1) is 17.2 Å². The summed E-state index contributed by atoms with van der Waals surface area (Å²) in [6, 6.07) is 21.4. The van der Waals surface area contributed by atoms with Gasteiger partial charge >= 0.3 is 0 Å². The Hall–Kier alpha value is -2.66. The van der Waals surface area contributed by atoms with Crippen LogP contribution in [0.25, 0.3) is 0 Å². The second kappa shape index (κ2) is 7.95. The summed E-state index contributed by atoms with van der Waals surface area (Å²) in [5.41, 5.74) is 1.86. The van der Waals surface area contributed by atoms with Crippen LogP contribution in [0.5, 0.6) is 0 Å². The smallest absolute Gasteiger partial charge is 0.163 e. The van der Waals surface area contributed by atoms with Crippen LogP contribution < -0.4 is 0 Å². The molecule has 2 aromatic carbocycles. The molecule has 110 valence electrons. The normalized spacial score (nSPS) is 13.5. The summed E-state index contributed by atoms with van der Waals surface area (Å²) < 4.78 is 0. The SMILES string of the molecule is C[C@@H](/C=C/C#N)[C@@H](CC(=O)c1ccccc1)c1ccccc1. The molecule has 0 amide bonds. The molecule has 2 nitrogen and oxygen atoms in total. The standard InChI is InChI=1S/C20H19NO/c1-16(9-8-14-21)19(17-10-4-2-5-11-17)15-20(22)18-12-6-3-7-13-18/h2-13,16,19H,15H2,1H3/b9-8+/t16-,19+/m0/s1. The molecule has 2 aromatic rings. The van der Waals surface area contributed by atoms with Crippen molar-refractivity contribution >= 4 is 5.78 Å². The minimum atomic E-state index is 0.0681. The predicted octanol–water partition coefficient (Wildman–Crippen LogP) is 4.76. The Morgan fingerprint density at radius 1 is 1.09 bits per heavy atom. The van der Waals surface area contributed by atoms with Crippen molar-refractivity contribution in [3.63, 3.8) is 0 Å². The molecule has 0 bridgehead atoms. The number of allylic oxidation sites excluding steroid dienone is 2. The molecule has 0 N–H and O–H groups in total. The van der Waals surface area contributed by atoms with E-state index in [1.54, 1.807) is 0 Å². The van der Waals surface area contributed by atoms with E-state index in [0.717, 1.165) is 11.1 Å². The first-order chi connectivity index (χ1) is 10.7. The molecule has 0 unspecified atom stereocenters. The van der Waals surface area contributed by atoms with Crippen LogP contribution in [0.1, 0.15) is 35.2 Å². The Bertz CT molecular complexity index is 668. The Morgan fingerprint density at radius 3 is 2.27 bits per heavy atom. The summed E-state index contributed by atoms with van der Waals surface area (Å²) in [7, 11) is 0. The number of carbonyl (C=O) groups excluding carboxylic acids is 1. The zero-order valence-corrected chi connectivity index (χ0v) is 12.6. The van der Waals surface area contributed by atoms with Gasteiger partial charge in [0, 0.05) is 18.1 Å². The highest BCUT2D eigenvalue weighted by molar-refractivity contribution is 5.96. The molecular weight excluding hydrogens is 270 g/mol. The molecular formula is C20H19NO. The number of ketones is 1. The van der Waals surface area contributed by atoms with Crippen molar-refractivity contribution in [1.29, 1.82) is 5.26 Å². The molecule has 0 heterocycles. The monoisotopic (exact) mass is 289 g/mol. The fourth-order valence-electron chi connectivity index (χ4n) is 2.58. The van der Waals surface area contributed by atoms with Gasteiger partial charge in [0.2, 0.25) is 0 Å². The maximum absolute atomic E-state index is 12.5. The molecule has 2 rings (SSSR count). The molecule has 0 radical (unpaired) electrons. The maximum Gasteiger partial charge on any atom is 0.163 e. The van der Waals surface area contributed by atoms with E-state index >= 15 is 0 Å². The third kappa shape index (κ3) is 4.17. The quantitative estimate of drug-likeness (QED) is 0.568. The summed E-state index contributed by atoms with van der Waals surface area (Å²) >= 11 is 0. The van der Waals surface area contributed by atoms with Crippen molar-refractivity contribution in [2.75, 3.05) is 0 Å². The van der Waals surface area contributed by atoms with Crippen molar-refractivity contribution in [1.82, 2.24) is 0 Å². The number of nitrogens with zero attached hydrogens (tertiary/aromatic N) is 1. The van der Waals surface area contributed by atoms with Gasteiger partial charge in [0.05, 0.1) is 6.07 Å². The lowest BCUT2D eigenvalue weighted by Crippen LogP contribution is -2.13. The molecule has 0 aliphatic carbocycles. The lowest BCUT2D eigenvalue weighted by Gasteiger charge is -2.21. The predicted molar refractivity (Wildman–Crippen MR) is 88.5 cm³/mol. The summed E-state index contributed by atoms with van der Waals surface area (Å²) in [4.78, 5) is 12.5. The average molecular weight is 289 g/mol. The first kappa shape index (κ1) is 15.7. The van der Waals surface area contributed by atoms with Crippen LogP contribution in [0.2, 0.25) is 0 Å². The van der Waals surface area contributed by atoms with Crippen LogP contribution in [-0.4, -0.2) is 5.78 Å². The Kier molecular flexibility index (Phi) is 5.68. The minimum Gasteiger partial charge on any atom is -0.294 e. The molecule has 2 heteroatoms.